The van der Waals surface area contributed by atoms with E-state index >= 15 is 0 Å². The van der Waals surface area contributed by atoms with Crippen molar-refractivity contribution in [1.82, 2.24) is 4.90 Å². The summed E-state index contributed by atoms with van der Waals surface area (Å²) < 4.78 is 13.6. The van der Waals surface area contributed by atoms with Crippen LogP contribution in [0, 0.1) is 27.3 Å². The number of carbonyl (C=O) groups excluding carboxylic acids is 1. The third-order valence-electron chi connectivity index (χ3n) is 2.52. The average molecular weight is 265 g/mol. The number of hydrogen-bond donors (Lipinski definition) is 0. The van der Waals surface area contributed by atoms with Crippen LogP contribution in [0.25, 0.3) is 0 Å². The summed E-state index contributed by atoms with van der Waals surface area (Å²) in [5, 5.41) is 19.3. The lowest BCUT2D eigenvalue weighted by atomic mass is 10.1. The Kier molecular flexibility index (Phi) is 4.53. The van der Waals surface area contributed by atoms with Crippen molar-refractivity contribution in [2.75, 3.05) is 6.54 Å². The van der Waals surface area contributed by atoms with Crippen molar-refractivity contribution in [2.24, 2.45) is 0 Å². The number of nitrogens with zero attached hydrogens (tertiary/aromatic N) is 3. The number of hydrogen-bond acceptors (Lipinski definition) is 4. The Balaban J connectivity index is 3.21. The van der Waals surface area contributed by atoms with Gasteiger partial charge >= 0.3 is 0 Å². The topological polar surface area (TPSA) is 87.2 Å². The highest BCUT2D eigenvalue weighted by Gasteiger charge is 2.23. The van der Waals surface area contributed by atoms with E-state index in [4.69, 9.17) is 5.26 Å². The lowest BCUT2D eigenvalue weighted by molar-refractivity contribution is -0.384. The highest BCUT2D eigenvalue weighted by molar-refractivity contribution is 5.95. The molecule has 0 aliphatic rings. The van der Waals surface area contributed by atoms with Gasteiger partial charge in [0.25, 0.3) is 11.6 Å². The van der Waals surface area contributed by atoms with Gasteiger partial charge in [0.1, 0.15) is 12.4 Å². The molecule has 1 rings (SSSR count). The predicted molar refractivity (Wildman–Crippen MR) is 64.8 cm³/mol. The molecular formula is C12H12FN3O3. The third-order valence-corrected chi connectivity index (χ3v) is 2.52. The number of halogens is 1. The van der Waals surface area contributed by atoms with Crippen molar-refractivity contribution in [3.8, 4) is 6.07 Å². The first-order valence-corrected chi connectivity index (χ1v) is 5.50. The standard InChI is InChI=1S/C12H12FN3O3/c1-8(2)15(6-5-14)12(17)10-7-9(16(18)19)3-4-11(10)13/h3-4,7-8H,6H2,1-2H3. The van der Waals surface area contributed by atoms with E-state index in [0.717, 1.165) is 23.1 Å². The zero-order valence-corrected chi connectivity index (χ0v) is 10.5. The Labute approximate surface area is 109 Å². The fraction of sp³-hybridized carbons (Fsp3) is 0.333. The van der Waals surface area contributed by atoms with E-state index in [1.165, 1.54) is 0 Å². The molecule has 0 bridgehead atoms. The van der Waals surface area contributed by atoms with Crippen molar-refractivity contribution >= 4 is 11.6 Å². The van der Waals surface area contributed by atoms with Crippen LogP contribution >= 0.6 is 0 Å². The first-order chi connectivity index (χ1) is 8.88. The van der Waals surface area contributed by atoms with Gasteiger partial charge < -0.3 is 4.90 Å². The van der Waals surface area contributed by atoms with Crippen LogP contribution in [-0.2, 0) is 0 Å². The van der Waals surface area contributed by atoms with E-state index in [2.05, 4.69) is 0 Å². The van der Waals surface area contributed by atoms with E-state index in [0.29, 0.717) is 0 Å². The van der Waals surface area contributed by atoms with Crippen LogP contribution < -0.4 is 0 Å². The largest absolute Gasteiger partial charge is 0.323 e. The van der Waals surface area contributed by atoms with E-state index in [1.807, 2.05) is 0 Å². The van der Waals surface area contributed by atoms with Crippen LogP contribution in [0.3, 0.4) is 0 Å². The van der Waals surface area contributed by atoms with Crippen LogP contribution in [0.2, 0.25) is 0 Å². The normalized spacial score (nSPS) is 10.1. The van der Waals surface area contributed by atoms with Crippen molar-refractivity contribution in [2.45, 2.75) is 19.9 Å². The lowest BCUT2D eigenvalue weighted by Crippen LogP contribution is -2.37. The van der Waals surface area contributed by atoms with Crippen LogP contribution in [0.4, 0.5) is 10.1 Å². The molecule has 0 spiro atoms. The number of nitro groups is 1. The van der Waals surface area contributed by atoms with Gasteiger partial charge in [-0.3, -0.25) is 14.9 Å². The van der Waals surface area contributed by atoms with Gasteiger partial charge in [0, 0.05) is 18.2 Å². The summed E-state index contributed by atoms with van der Waals surface area (Å²) in [6.07, 6.45) is 0. The van der Waals surface area contributed by atoms with E-state index < -0.39 is 22.2 Å². The molecule has 0 heterocycles. The summed E-state index contributed by atoms with van der Waals surface area (Å²) in [4.78, 5) is 23.1. The number of amides is 1. The molecule has 0 atom stereocenters. The van der Waals surface area contributed by atoms with Gasteiger partial charge in [-0.15, -0.1) is 0 Å². The van der Waals surface area contributed by atoms with Crippen molar-refractivity contribution < 1.29 is 14.1 Å². The van der Waals surface area contributed by atoms with Crippen LogP contribution in [0.1, 0.15) is 24.2 Å². The molecule has 0 fully saturated rings. The average Bonchev–Trinajstić information content (AvgIpc) is 2.35. The molecule has 7 heteroatoms. The molecule has 0 aromatic heterocycles. The van der Waals surface area contributed by atoms with Gasteiger partial charge in [-0.05, 0) is 19.9 Å². The third kappa shape index (κ3) is 3.25. The SMILES string of the molecule is CC(C)N(CC#N)C(=O)c1cc([N+](=O)[O-])ccc1F. The van der Waals surface area contributed by atoms with Gasteiger partial charge in [0.05, 0.1) is 16.6 Å². The summed E-state index contributed by atoms with van der Waals surface area (Å²) in [6.45, 7) is 3.13. The van der Waals surface area contributed by atoms with Gasteiger partial charge in [-0.1, -0.05) is 0 Å². The number of nitriles is 1. The second-order valence-electron chi connectivity index (χ2n) is 4.11. The van der Waals surface area contributed by atoms with Crippen LogP contribution in [0.15, 0.2) is 18.2 Å². The first kappa shape index (κ1) is 14.6. The molecule has 6 nitrogen and oxygen atoms in total. The minimum absolute atomic E-state index is 0.210. The highest BCUT2D eigenvalue weighted by Crippen LogP contribution is 2.19. The van der Waals surface area contributed by atoms with Crippen LogP contribution in [0.5, 0.6) is 0 Å². The van der Waals surface area contributed by atoms with Crippen molar-refractivity contribution in [3.63, 3.8) is 0 Å². The van der Waals surface area contributed by atoms with Gasteiger partial charge in [0.2, 0.25) is 0 Å². The van der Waals surface area contributed by atoms with Gasteiger partial charge in [0.15, 0.2) is 0 Å². The zero-order chi connectivity index (χ0) is 14.6. The van der Waals surface area contributed by atoms with Crippen LogP contribution in [-0.4, -0.2) is 28.3 Å². The second-order valence-corrected chi connectivity index (χ2v) is 4.11. The van der Waals surface area contributed by atoms with Crippen molar-refractivity contribution in [1.29, 1.82) is 5.26 Å². The Morgan fingerprint density at radius 1 is 1.58 bits per heavy atom. The van der Waals surface area contributed by atoms with E-state index in [1.54, 1.807) is 19.9 Å². The quantitative estimate of drug-likeness (QED) is 0.474. The van der Waals surface area contributed by atoms with Gasteiger partial charge in [-0.25, -0.2) is 4.39 Å². The maximum absolute atomic E-state index is 13.6. The number of nitro benzene ring substituents is 1. The summed E-state index contributed by atoms with van der Waals surface area (Å²) in [5.74, 6) is -1.59. The molecule has 0 radical (unpaired) electrons. The molecule has 0 aliphatic heterocycles. The number of rotatable bonds is 4. The van der Waals surface area contributed by atoms with Crippen molar-refractivity contribution in [3.05, 3.63) is 39.7 Å². The Morgan fingerprint density at radius 3 is 2.68 bits per heavy atom. The molecule has 0 unspecified atom stereocenters. The molecule has 0 aliphatic carbocycles. The fourth-order valence-corrected chi connectivity index (χ4v) is 1.51. The zero-order valence-electron chi connectivity index (χ0n) is 10.5. The highest BCUT2D eigenvalue weighted by atomic mass is 19.1. The molecule has 1 aromatic rings. The molecule has 0 N–H and O–H groups in total. The minimum Gasteiger partial charge on any atom is -0.323 e. The Morgan fingerprint density at radius 2 is 2.21 bits per heavy atom. The summed E-state index contributed by atoms with van der Waals surface area (Å²) in [5.41, 5.74) is -0.774. The van der Waals surface area contributed by atoms with E-state index in [-0.39, 0.29) is 18.3 Å². The summed E-state index contributed by atoms with van der Waals surface area (Å²) >= 11 is 0. The molecular weight excluding hydrogens is 253 g/mol. The molecule has 0 saturated carbocycles. The number of non-ortho nitro benzene ring substituents is 1. The summed E-state index contributed by atoms with van der Waals surface area (Å²) in [7, 11) is 0. The number of benzene rings is 1. The maximum Gasteiger partial charge on any atom is 0.270 e. The first-order valence-electron chi connectivity index (χ1n) is 5.50. The summed E-state index contributed by atoms with van der Waals surface area (Å²) in [6, 6.07) is 4.22. The second kappa shape index (κ2) is 5.91. The molecule has 1 aromatic carbocycles. The predicted octanol–water partition coefficient (Wildman–Crippen LogP) is 2.11. The Hall–Kier alpha value is -2.49. The molecule has 0 saturated heterocycles. The molecule has 19 heavy (non-hydrogen) atoms. The number of carbonyl (C=O) groups is 1. The molecule has 100 valence electrons. The lowest BCUT2D eigenvalue weighted by Gasteiger charge is -2.23. The maximum atomic E-state index is 13.6. The Bertz CT molecular complexity index is 552. The monoisotopic (exact) mass is 265 g/mol. The molecule has 1 amide bonds. The minimum atomic E-state index is -0.848. The van der Waals surface area contributed by atoms with Gasteiger partial charge in [-0.2, -0.15) is 5.26 Å². The fourth-order valence-electron chi connectivity index (χ4n) is 1.51. The van der Waals surface area contributed by atoms with E-state index in [9.17, 15) is 19.3 Å². The smallest absolute Gasteiger partial charge is 0.270 e.